The summed E-state index contributed by atoms with van der Waals surface area (Å²) in [7, 11) is 1.43. The second-order valence-corrected chi connectivity index (χ2v) is 6.69. The van der Waals surface area contributed by atoms with Crippen LogP contribution in [0.3, 0.4) is 0 Å². The fraction of sp³-hybridized carbons (Fsp3) is 0.143. The number of hydrogen-bond donors (Lipinski definition) is 3. The molecule has 0 unspecified atom stereocenters. The van der Waals surface area contributed by atoms with Gasteiger partial charge in [0.25, 0.3) is 0 Å². The maximum Gasteiger partial charge on any atom is 0.339 e. The minimum absolute atomic E-state index is 0.0586. The molecular weight excluding hydrogens is 379 g/mol. The van der Waals surface area contributed by atoms with E-state index in [1.807, 2.05) is 0 Å². The van der Waals surface area contributed by atoms with Crippen LogP contribution < -0.4 is 10.1 Å². The number of methoxy groups -OCH3 is 1. The van der Waals surface area contributed by atoms with Gasteiger partial charge >= 0.3 is 5.97 Å². The Hall–Kier alpha value is -3.81. The number of carbonyl (C=O) groups is 2. The van der Waals surface area contributed by atoms with Gasteiger partial charge in [-0.1, -0.05) is 6.07 Å². The molecule has 1 aliphatic rings. The molecule has 29 heavy (non-hydrogen) atoms. The van der Waals surface area contributed by atoms with Crippen molar-refractivity contribution in [2.24, 2.45) is 0 Å². The van der Waals surface area contributed by atoms with E-state index < -0.39 is 17.7 Å². The number of aromatic carboxylic acids is 1. The van der Waals surface area contributed by atoms with Crippen LogP contribution >= 0.6 is 0 Å². The van der Waals surface area contributed by atoms with Crippen molar-refractivity contribution in [3.05, 3.63) is 71.3 Å². The van der Waals surface area contributed by atoms with E-state index >= 15 is 0 Å². The lowest BCUT2D eigenvalue weighted by Crippen LogP contribution is -2.25. The summed E-state index contributed by atoms with van der Waals surface area (Å²) in [5, 5.41) is 22.4. The molecule has 3 N–H and O–H groups in total. The van der Waals surface area contributed by atoms with Crippen molar-refractivity contribution in [2.75, 3.05) is 12.4 Å². The maximum absolute atomic E-state index is 13.4. The minimum atomic E-state index is -1.19. The smallest absolute Gasteiger partial charge is 0.339 e. The van der Waals surface area contributed by atoms with Crippen LogP contribution in [0, 0.1) is 5.82 Å². The van der Waals surface area contributed by atoms with E-state index in [-0.39, 0.29) is 35.1 Å². The molecule has 3 aromatic rings. The van der Waals surface area contributed by atoms with Crippen molar-refractivity contribution in [3.63, 3.8) is 0 Å². The maximum atomic E-state index is 13.4. The monoisotopic (exact) mass is 396 g/mol. The Morgan fingerprint density at radius 3 is 2.59 bits per heavy atom. The highest BCUT2D eigenvalue weighted by Gasteiger charge is 2.34. The average Bonchev–Trinajstić information content (AvgIpc) is 3.07. The van der Waals surface area contributed by atoms with Crippen LogP contribution in [0.15, 0.2) is 48.7 Å². The van der Waals surface area contributed by atoms with E-state index in [2.05, 4.69) is 5.32 Å². The number of anilines is 1. The lowest BCUT2D eigenvalue weighted by Gasteiger charge is -2.26. The van der Waals surface area contributed by atoms with Crippen molar-refractivity contribution in [1.29, 1.82) is 0 Å². The van der Waals surface area contributed by atoms with Crippen molar-refractivity contribution >= 4 is 17.6 Å². The van der Waals surface area contributed by atoms with Gasteiger partial charge in [0.15, 0.2) is 11.5 Å². The van der Waals surface area contributed by atoms with Crippen molar-refractivity contribution in [2.45, 2.75) is 12.3 Å². The molecule has 0 bridgehead atoms. The number of ether oxygens (including phenoxy) is 1. The molecule has 0 spiro atoms. The number of hydrogen-bond acceptors (Lipinski definition) is 4. The third kappa shape index (κ3) is 3.18. The summed E-state index contributed by atoms with van der Waals surface area (Å²) in [5.74, 6) is -2.27. The third-order valence-electron chi connectivity index (χ3n) is 4.97. The molecule has 7 nitrogen and oxygen atoms in total. The number of benzene rings is 2. The van der Waals surface area contributed by atoms with Crippen LogP contribution in [0.2, 0.25) is 0 Å². The first kappa shape index (κ1) is 18.5. The normalized spacial score (nSPS) is 15.5. The predicted molar refractivity (Wildman–Crippen MR) is 102 cm³/mol. The molecule has 2 aromatic carbocycles. The fourth-order valence-electron chi connectivity index (χ4n) is 3.64. The third-order valence-corrected chi connectivity index (χ3v) is 4.97. The summed E-state index contributed by atoms with van der Waals surface area (Å²) >= 11 is 0. The number of phenols is 1. The summed E-state index contributed by atoms with van der Waals surface area (Å²) in [6.07, 6.45) is 1.46. The van der Waals surface area contributed by atoms with Crippen LogP contribution in [-0.2, 0) is 4.79 Å². The Labute approximate surface area is 165 Å². The van der Waals surface area contributed by atoms with Crippen molar-refractivity contribution < 1.29 is 28.9 Å². The van der Waals surface area contributed by atoms with Gasteiger partial charge in [-0.05, 0) is 42.0 Å². The summed E-state index contributed by atoms with van der Waals surface area (Å²) in [6, 6.07) is 10.4. The number of carboxylic acid groups (broad SMARTS) is 1. The van der Waals surface area contributed by atoms with E-state index in [4.69, 9.17) is 4.74 Å². The summed E-state index contributed by atoms with van der Waals surface area (Å²) in [6.45, 7) is 0. The first-order valence-electron chi connectivity index (χ1n) is 8.80. The Balaban J connectivity index is 1.94. The van der Waals surface area contributed by atoms with E-state index in [9.17, 15) is 24.2 Å². The summed E-state index contributed by atoms with van der Waals surface area (Å²) in [5.41, 5.74) is 1.84. The Kier molecular flexibility index (Phi) is 4.46. The van der Waals surface area contributed by atoms with Gasteiger partial charge in [-0.3, -0.25) is 4.79 Å². The van der Waals surface area contributed by atoms with Crippen molar-refractivity contribution in [3.8, 4) is 17.2 Å². The molecule has 0 radical (unpaired) electrons. The van der Waals surface area contributed by atoms with Crippen LogP contribution in [-0.4, -0.2) is 33.8 Å². The number of nitrogens with one attached hydrogen (secondary N) is 1. The molecule has 8 heteroatoms. The van der Waals surface area contributed by atoms with Crippen LogP contribution in [0.25, 0.3) is 5.69 Å². The van der Waals surface area contributed by atoms with Crippen molar-refractivity contribution in [1.82, 2.24) is 4.57 Å². The van der Waals surface area contributed by atoms with Gasteiger partial charge in [0.2, 0.25) is 5.91 Å². The average molecular weight is 396 g/mol. The van der Waals surface area contributed by atoms with Gasteiger partial charge in [0.05, 0.1) is 18.5 Å². The molecule has 1 atom stereocenters. The molecule has 1 aromatic heterocycles. The van der Waals surface area contributed by atoms with E-state index in [1.165, 1.54) is 43.6 Å². The fourth-order valence-corrected chi connectivity index (χ4v) is 3.64. The Morgan fingerprint density at radius 2 is 1.97 bits per heavy atom. The highest BCUT2D eigenvalue weighted by atomic mass is 19.1. The van der Waals surface area contributed by atoms with Gasteiger partial charge in [-0.15, -0.1) is 0 Å². The molecule has 0 fully saturated rings. The number of fused-ring (bicyclic) bond motifs is 1. The number of aromatic nitrogens is 1. The molecule has 0 aliphatic carbocycles. The van der Waals surface area contributed by atoms with E-state index in [0.717, 1.165) is 0 Å². The zero-order valence-corrected chi connectivity index (χ0v) is 15.3. The molecule has 0 saturated heterocycles. The zero-order chi connectivity index (χ0) is 20.7. The number of carboxylic acids is 1. The summed E-state index contributed by atoms with van der Waals surface area (Å²) < 4.78 is 20.1. The molecule has 148 valence electrons. The molecule has 0 saturated carbocycles. The van der Waals surface area contributed by atoms with Gasteiger partial charge < -0.3 is 24.8 Å². The topological polar surface area (TPSA) is 101 Å². The lowest BCUT2D eigenvalue weighted by atomic mass is 9.88. The zero-order valence-electron chi connectivity index (χ0n) is 15.3. The van der Waals surface area contributed by atoms with Gasteiger partial charge in [0, 0.05) is 24.2 Å². The molecular formula is C21H17FN2O5. The SMILES string of the molecule is COc1ccc([C@H]2CC(=O)Nc3c(C(=O)O)cn(-c4ccc(F)cc4)c32)cc1O. The highest BCUT2D eigenvalue weighted by molar-refractivity contribution is 6.04. The van der Waals surface area contributed by atoms with Gasteiger partial charge in [0.1, 0.15) is 11.4 Å². The summed E-state index contributed by atoms with van der Waals surface area (Å²) in [4.78, 5) is 24.1. The number of halogens is 1. The first-order chi connectivity index (χ1) is 13.9. The molecule has 4 rings (SSSR count). The largest absolute Gasteiger partial charge is 0.504 e. The first-order valence-corrected chi connectivity index (χ1v) is 8.80. The number of phenolic OH excluding ortho intramolecular Hbond substituents is 1. The Bertz CT molecular complexity index is 1120. The van der Waals surface area contributed by atoms with Crippen LogP contribution in [0.5, 0.6) is 11.5 Å². The van der Waals surface area contributed by atoms with Crippen LogP contribution in [0.1, 0.15) is 34.0 Å². The lowest BCUT2D eigenvalue weighted by molar-refractivity contribution is -0.116. The van der Waals surface area contributed by atoms with E-state index in [1.54, 1.807) is 16.7 Å². The second kappa shape index (κ2) is 6.97. The minimum Gasteiger partial charge on any atom is -0.504 e. The van der Waals surface area contributed by atoms with Crippen LogP contribution in [0.4, 0.5) is 10.1 Å². The molecule has 1 aliphatic heterocycles. The highest BCUT2D eigenvalue weighted by Crippen LogP contribution is 2.43. The Morgan fingerprint density at radius 1 is 1.24 bits per heavy atom. The second-order valence-electron chi connectivity index (χ2n) is 6.69. The van der Waals surface area contributed by atoms with Gasteiger partial charge in [-0.25, -0.2) is 9.18 Å². The number of carbonyl (C=O) groups excluding carboxylic acids is 1. The molecule has 2 heterocycles. The number of amides is 1. The number of aromatic hydroxyl groups is 1. The standard InChI is InChI=1S/C21H17FN2O5/c1-29-17-7-2-11(8-16(17)25)14-9-18(26)23-19-15(21(27)28)10-24(20(14)19)13-5-3-12(22)4-6-13/h2-8,10,14,25H,9H2,1H3,(H,23,26)(H,27,28)/t14-/m1/s1. The number of nitrogens with zero attached hydrogens (tertiary/aromatic N) is 1. The predicted octanol–water partition coefficient (Wildman–Crippen LogP) is 3.50. The quantitative estimate of drug-likeness (QED) is 0.627. The van der Waals surface area contributed by atoms with Gasteiger partial charge in [-0.2, -0.15) is 0 Å². The van der Waals surface area contributed by atoms with E-state index in [0.29, 0.717) is 16.9 Å². The molecule has 1 amide bonds. The number of rotatable bonds is 4.